The second kappa shape index (κ2) is 7.27. The minimum atomic E-state index is -0.284. The first-order valence-electron chi connectivity index (χ1n) is 6.35. The molecule has 0 fully saturated rings. The van der Waals surface area contributed by atoms with Gasteiger partial charge in [-0.3, -0.25) is 4.79 Å². The van der Waals surface area contributed by atoms with Gasteiger partial charge in [-0.15, -0.1) is 0 Å². The van der Waals surface area contributed by atoms with Crippen molar-refractivity contribution >= 4 is 5.78 Å². The average Bonchev–Trinajstić information content (AvgIpc) is 2.29. The zero-order chi connectivity index (χ0) is 13.5. The number of ether oxygens (including phenoxy) is 1. The van der Waals surface area contributed by atoms with E-state index in [9.17, 15) is 9.18 Å². The first kappa shape index (κ1) is 14.8. The molecule has 0 radical (unpaired) electrons. The van der Waals surface area contributed by atoms with Gasteiger partial charge in [-0.1, -0.05) is 26.0 Å². The zero-order valence-corrected chi connectivity index (χ0v) is 11.3. The Morgan fingerprint density at radius 3 is 2.39 bits per heavy atom. The van der Waals surface area contributed by atoms with Gasteiger partial charge in [-0.25, -0.2) is 4.39 Å². The Hall–Kier alpha value is -1.22. The Morgan fingerprint density at radius 1 is 1.22 bits per heavy atom. The minimum Gasteiger partial charge on any atom is -0.371 e. The molecule has 1 atom stereocenters. The third kappa shape index (κ3) is 5.92. The number of Topliss-reactive ketones (excluding diaryl/α,β-unsaturated/α-hetero) is 1. The van der Waals surface area contributed by atoms with Gasteiger partial charge in [-0.05, 0) is 37.0 Å². The van der Waals surface area contributed by atoms with E-state index in [-0.39, 0.29) is 24.3 Å². The van der Waals surface area contributed by atoms with Gasteiger partial charge in [0.2, 0.25) is 0 Å². The summed E-state index contributed by atoms with van der Waals surface area (Å²) in [4.78, 5) is 11.7. The lowest BCUT2D eigenvalue weighted by Crippen LogP contribution is -2.18. The molecular weight excluding hydrogens is 231 g/mol. The third-order valence-electron chi connectivity index (χ3n) is 2.65. The van der Waals surface area contributed by atoms with E-state index in [0.717, 1.165) is 12.0 Å². The van der Waals surface area contributed by atoms with E-state index in [1.165, 1.54) is 12.1 Å². The summed E-state index contributed by atoms with van der Waals surface area (Å²) in [5, 5.41) is 0. The van der Waals surface area contributed by atoms with Crippen molar-refractivity contribution in [2.24, 2.45) is 5.92 Å². The summed E-state index contributed by atoms with van der Waals surface area (Å²) < 4.78 is 18.2. The molecule has 0 heterocycles. The van der Waals surface area contributed by atoms with Crippen molar-refractivity contribution in [3.8, 4) is 0 Å². The second-order valence-electron chi connectivity index (χ2n) is 5.09. The number of benzene rings is 1. The van der Waals surface area contributed by atoms with Crippen molar-refractivity contribution < 1.29 is 13.9 Å². The predicted octanol–water partition coefficient (Wildman–Crippen LogP) is 3.39. The van der Waals surface area contributed by atoms with Crippen molar-refractivity contribution in [1.29, 1.82) is 0 Å². The van der Waals surface area contributed by atoms with Crippen LogP contribution >= 0.6 is 0 Å². The molecule has 1 unspecified atom stereocenters. The highest BCUT2D eigenvalue weighted by Gasteiger charge is 2.09. The van der Waals surface area contributed by atoms with Crippen molar-refractivity contribution in [3.63, 3.8) is 0 Å². The summed E-state index contributed by atoms with van der Waals surface area (Å²) in [6.45, 7) is 6.36. The van der Waals surface area contributed by atoms with Crippen molar-refractivity contribution in [1.82, 2.24) is 0 Å². The van der Waals surface area contributed by atoms with Gasteiger partial charge in [0.05, 0.1) is 6.10 Å². The van der Waals surface area contributed by atoms with Crippen LogP contribution in [0.1, 0.15) is 32.8 Å². The number of carbonyl (C=O) groups is 1. The van der Waals surface area contributed by atoms with Crippen LogP contribution in [0.5, 0.6) is 0 Å². The van der Waals surface area contributed by atoms with Crippen LogP contribution in [0.25, 0.3) is 0 Å². The molecule has 2 nitrogen and oxygen atoms in total. The van der Waals surface area contributed by atoms with Crippen LogP contribution in [0, 0.1) is 11.7 Å². The molecule has 1 rings (SSSR count). The van der Waals surface area contributed by atoms with Gasteiger partial charge >= 0.3 is 0 Å². The highest BCUT2D eigenvalue weighted by atomic mass is 19.1. The summed E-state index contributed by atoms with van der Waals surface area (Å²) >= 11 is 0. The van der Waals surface area contributed by atoms with E-state index >= 15 is 0 Å². The van der Waals surface area contributed by atoms with E-state index in [2.05, 4.69) is 13.8 Å². The molecule has 1 aromatic rings. The molecule has 100 valence electrons. The van der Waals surface area contributed by atoms with Gasteiger partial charge in [0.15, 0.2) is 5.78 Å². The maximum Gasteiger partial charge on any atom is 0.162 e. The number of carbonyl (C=O) groups excluding carboxylic acids is 1. The lowest BCUT2D eigenvalue weighted by atomic mass is 10.1. The maximum absolute atomic E-state index is 12.7. The molecule has 0 aliphatic heterocycles. The van der Waals surface area contributed by atoms with E-state index in [0.29, 0.717) is 12.3 Å². The van der Waals surface area contributed by atoms with Crippen molar-refractivity contribution in [3.05, 3.63) is 35.6 Å². The van der Waals surface area contributed by atoms with Crippen LogP contribution < -0.4 is 0 Å². The molecule has 0 saturated carbocycles. The summed E-state index contributed by atoms with van der Waals surface area (Å²) in [6.07, 6.45) is 1.35. The zero-order valence-electron chi connectivity index (χ0n) is 11.3. The summed E-state index contributed by atoms with van der Waals surface area (Å²) in [5.41, 5.74) is 0.821. The number of hydrogen-bond donors (Lipinski definition) is 0. The Morgan fingerprint density at radius 2 is 1.83 bits per heavy atom. The number of halogens is 1. The molecule has 1 aromatic carbocycles. The van der Waals surface area contributed by atoms with E-state index < -0.39 is 0 Å². The quantitative estimate of drug-likeness (QED) is 0.743. The normalized spacial score (nSPS) is 12.7. The van der Waals surface area contributed by atoms with Gasteiger partial charge < -0.3 is 4.74 Å². The minimum absolute atomic E-state index is 0.0252. The SMILES string of the molecule is CC(C)CC(C)OCC(=O)Cc1ccc(F)cc1. The molecule has 18 heavy (non-hydrogen) atoms. The van der Waals surface area contributed by atoms with E-state index in [1.54, 1.807) is 12.1 Å². The fourth-order valence-corrected chi connectivity index (χ4v) is 1.85. The molecule has 0 aliphatic carbocycles. The van der Waals surface area contributed by atoms with Gasteiger partial charge in [0.25, 0.3) is 0 Å². The van der Waals surface area contributed by atoms with Crippen LogP contribution in [0.4, 0.5) is 4.39 Å². The standard InChI is InChI=1S/C15H21FO2/c1-11(2)8-12(3)18-10-15(17)9-13-4-6-14(16)7-5-13/h4-7,11-12H,8-10H2,1-3H3. The largest absolute Gasteiger partial charge is 0.371 e. The first-order chi connectivity index (χ1) is 8.47. The predicted molar refractivity (Wildman–Crippen MR) is 70.0 cm³/mol. The van der Waals surface area contributed by atoms with Gasteiger partial charge in [0.1, 0.15) is 12.4 Å². The smallest absolute Gasteiger partial charge is 0.162 e. The van der Waals surface area contributed by atoms with Gasteiger partial charge in [0, 0.05) is 6.42 Å². The maximum atomic E-state index is 12.7. The van der Waals surface area contributed by atoms with Crippen molar-refractivity contribution in [2.45, 2.75) is 39.7 Å². The van der Waals surface area contributed by atoms with E-state index in [4.69, 9.17) is 4.74 Å². The van der Waals surface area contributed by atoms with Gasteiger partial charge in [-0.2, -0.15) is 0 Å². The Balaban J connectivity index is 2.31. The molecular formula is C15H21FO2. The number of ketones is 1. The van der Waals surface area contributed by atoms with Crippen LogP contribution in [-0.2, 0) is 16.0 Å². The lowest BCUT2D eigenvalue weighted by Gasteiger charge is -2.14. The molecule has 0 amide bonds. The van der Waals surface area contributed by atoms with Crippen LogP contribution in [0.3, 0.4) is 0 Å². The Kier molecular flexibility index (Phi) is 5.99. The topological polar surface area (TPSA) is 26.3 Å². The summed E-state index contributed by atoms with van der Waals surface area (Å²) in [7, 11) is 0. The first-order valence-corrected chi connectivity index (χ1v) is 6.35. The molecule has 0 bridgehead atoms. The second-order valence-corrected chi connectivity index (χ2v) is 5.09. The van der Waals surface area contributed by atoms with Crippen molar-refractivity contribution in [2.75, 3.05) is 6.61 Å². The molecule has 0 N–H and O–H groups in total. The Labute approximate surface area is 108 Å². The van der Waals surface area contributed by atoms with Crippen LogP contribution in [0.15, 0.2) is 24.3 Å². The van der Waals surface area contributed by atoms with Crippen LogP contribution in [-0.4, -0.2) is 18.5 Å². The molecule has 0 spiro atoms. The molecule has 0 saturated heterocycles. The molecule has 0 aromatic heterocycles. The molecule has 0 aliphatic rings. The summed E-state index contributed by atoms with van der Waals surface area (Å²) in [5.74, 6) is 0.303. The third-order valence-corrected chi connectivity index (χ3v) is 2.65. The highest BCUT2D eigenvalue weighted by Crippen LogP contribution is 2.08. The fraction of sp³-hybridized carbons (Fsp3) is 0.533. The van der Waals surface area contributed by atoms with E-state index in [1.807, 2.05) is 6.92 Å². The number of hydrogen-bond acceptors (Lipinski definition) is 2. The highest BCUT2D eigenvalue weighted by molar-refractivity contribution is 5.82. The Bertz CT molecular complexity index is 371. The molecule has 3 heteroatoms. The monoisotopic (exact) mass is 252 g/mol. The average molecular weight is 252 g/mol. The fourth-order valence-electron chi connectivity index (χ4n) is 1.85. The number of rotatable bonds is 7. The van der Waals surface area contributed by atoms with Crippen LogP contribution in [0.2, 0.25) is 0 Å². The lowest BCUT2D eigenvalue weighted by molar-refractivity contribution is -0.124. The summed E-state index contributed by atoms with van der Waals surface area (Å²) in [6, 6.07) is 5.99.